The Morgan fingerprint density at radius 2 is 1.71 bits per heavy atom. The van der Waals surface area contributed by atoms with Crippen molar-refractivity contribution in [2.24, 2.45) is 28.3 Å². The quantitative estimate of drug-likeness (QED) is 0.510. The average molecular weight is 420 g/mol. The molecule has 0 heterocycles. The molecule has 4 aliphatic carbocycles. The van der Waals surface area contributed by atoms with Crippen LogP contribution in [0.5, 0.6) is 5.75 Å². The van der Waals surface area contributed by atoms with Crippen molar-refractivity contribution < 1.29 is 14.7 Å². The van der Waals surface area contributed by atoms with E-state index in [1.54, 1.807) is 13.0 Å². The molecule has 4 bridgehead atoms. The normalized spacial score (nSPS) is 29.9. The maximum absolute atomic E-state index is 13.1. The van der Waals surface area contributed by atoms with Crippen molar-refractivity contribution in [1.82, 2.24) is 10.7 Å². The molecule has 6 rings (SSSR count). The second-order valence-electron chi connectivity index (χ2n) is 9.85. The van der Waals surface area contributed by atoms with E-state index in [4.69, 9.17) is 0 Å². The zero-order valence-electron chi connectivity index (χ0n) is 17.8. The van der Waals surface area contributed by atoms with Crippen molar-refractivity contribution in [3.63, 3.8) is 0 Å². The van der Waals surface area contributed by atoms with Crippen LogP contribution < -0.4 is 10.7 Å². The molecule has 2 aromatic rings. The van der Waals surface area contributed by atoms with Gasteiger partial charge in [-0.3, -0.25) is 9.59 Å². The summed E-state index contributed by atoms with van der Waals surface area (Å²) in [6.45, 7) is 1.69. The number of benzene rings is 2. The van der Waals surface area contributed by atoms with Crippen LogP contribution in [0, 0.1) is 23.2 Å². The van der Waals surface area contributed by atoms with Crippen LogP contribution >= 0.6 is 0 Å². The van der Waals surface area contributed by atoms with Crippen molar-refractivity contribution >= 4 is 28.8 Å². The van der Waals surface area contributed by atoms with Gasteiger partial charge in [0.15, 0.2) is 0 Å². The minimum atomic E-state index is -0.668. The third kappa shape index (κ3) is 3.68. The summed E-state index contributed by atoms with van der Waals surface area (Å²) in [6.07, 6.45) is 8.19. The van der Waals surface area contributed by atoms with Crippen molar-refractivity contribution in [3.8, 4) is 5.75 Å². The van der Waals surface area contributed by atoms with Crippen LogP contribution in [0.25, 0.3) is 10.8 Å². The van der Waals surface area contributed by atoms with Crippen LogP contribution in [0.1, 0.15) is 51.0 Å². The van der Waals surface area contributed by atoms with Gasteiger partial charge < -0.3 is 10.4 Å². The van der Waals surface area contributed by atoms with Crippen LogP contribution in [0.3, 0.4) is 0 Å². The molecule has 0 aliphatic heterocycles. The molecule has 0 spiro atoms. The van der Waals surface area contributed by atoms with Crippen LogP contribution in [-0.2, 0) is 9.59 Å². The predicted molar refractivity (Wildman–Crippen MR) is 120 cm³/mol. The van der Waals surface area contributed by atoms with Gasteiger partial charge in [-0.15, -0.1) is 0 Å². The highest BCUT2D eigenvalue weighted by molar-refractivity contribution is 6.02. The van der Waals surface area contributed by atoms with Gasteiger partial charge in [-0.05, 0) is 80.0 Å². The molecule has 31 heavy (non-hydrogen) atoms. The molecule has 2 amide bonds. The molecule has 0 unspecified atom stereocenters. The number of nitrogens with zero attached hydrogens (tertiary/aromatic N) is 1. The lowest BCUT2D eigenvalue weighted by molar-refractivity contribution is -0.148. The van der Waals surface area contributed by atoms with E-state index in [0.717, 1.165) is 30.0 Å². The van der Waals surface area contributed by atoms with Crippen molar-refractivity contribution in [2.45, 2.75) is 51.5 Å². The number of fused-ring (bicyclic) bond motifs is 1. The summed E-state index contributed by atoms with van der Waals surface area (Å²) in [5.41, 5.74) is 2.78. The van der Waals surface area contributed by atoms with Crippen LogP contribution in [-0.4, -0.2) is 29.2 Å². The number of aromatic hydroxyl groups is 1. The van der Waals surface area contributed by atoms with E-state index in [-0.39, 0.29) is 23.0 Å². The van der Waals surface area contributed by atoms with Gasteiger partial charge >= 0.3 is 0 Å². The molecule has 4 fully saturated rings. The molecule has 2 aromatic carbocycles. The Bertz CT molecular complexity index is 1030. The smallest absolute Gasteiger partial charge is 0.262 e. The highest BCUT2D eigenvalue weighted by atomic mass is 16.3. The van der Waals surface area contributed by atoms with Gasteiger partial charge in [0.05, 0.1) is 6.21 Å². The van der Waals surface area contributed by atoms with Crippen LogP contribution in [0.4, 0.5) is 0 Å². The van der Waals surface area contributed by atoms with Crippen molar-refractivity contribution in [3.05, 3.63) is 42.0 Å². The lowest BCUT2D eigenvalue weighted by atomic mass is 9.49. The average Bonchev–Trinajstić information content (AvgIpc) is 2.74. The predicted octanol–water partition coefficient (Wildman–Crippen LogP) is 3.72. The first-order chi connectivity index (χ1) is 14.9. The summed E-state index contributed by atoms with van der Waals surface area (Å²) in [6, 6.07) is 10.4. The molecule has 6 heteroatoms. The largest absolute Gasteiger partial charge is 0.507 e. The zero-order chi connectivity index (χ0) is 21.6. The third-order valence-electron chi connectivity index (χ3n) is 7.58. The topological polar surface area (TPSA) is 90.8 Å². The fraction of sp³-hybridized carbons (Fsp3) is 0.480. The summed E-state index contributed by atoms with van der Waals surface area (Å²) in [5.74, 6) is 1.80. The van der Waals surface area contributed by atoms with E-state index < -0.39 is 6.04 Å². The van der Waals surface area contributed by atoms with Crippen LogP contribution in [0.15, 0.2) is 41.5 Å². The molecule has 0 aromatic heterocycles. The number of amides is 2. The number of rotatable bonds is 5. The van der Waals surface area contributed by atoms with E-state index >= 15 is 0 Å². The maximum Gasteiger partial charge on any atom is 0.262 e. The first-order valence-electron chi connectivity index (χ1n) is 11.3. The lowest BCUT2D eigenvalue weighted by Gasteiger charge is -2.55. The van der Waals surface area contributed by atoms with E-state index in [9.17, 15) is 14.7 Å². The highest BCUT2D eigenvalue weighted by Crippen LogP contribution is 2.60. The minimum absolute atomic E-state index is 0.0323. The molecular formula is C25H29N3O3. The maximum atomic E-state index is 13.1. The summed E-state index contributed by atoms with van der Waals surface area (Å²) >= 11 is 0. The molecule has 1 atom stereocenters. The Balaban J connectivity index is 1.23. The summed E-state index contributed by atoms with van der Waals surface area (Å²) in [7, 11) is 0. The van der Waals surface area contributed by atoms with Gasteiger partial charge in [0, 0.05) is 11.0 Å². The number of carbonyl (C=O) groups is 2. The fourth-order valence-electron chi connectivity index (χ4n) is 6.48. The summed E-state index contributed by atoms with van der Waals surface area (Å²) in [5, 5.41) is 19.0. The van der Waals surface area contributed by atoms with Gasteiger partial charge in [-0.1, -0.05) is 30.3 Å². The van der Waals surface area contributed by atoms with Crippen molar-refractivity contribution in [2.75, 3.05) is 0 Å². The molecule has 162 valence electrons. The number of carbonyl (C=O) groups excluding carboxylic acids is 2. The molecular weight excluding hydrogens is 390 g/mol. The second-order valence-corrected chi connectivity index (χ2v) is 9.85. The number of phenols is 1. The zero-order valence-corrected chi connectivity index (χ0v) is 17.8. The number of nitrogens with one attached hydrogen (secondary N) is 2. The first-order valence-corrected chi connectivity index (χ1v) is 11.3. The SMILES string of the molecule is C[C@@H](NC(=O)C12CC3CC(CC(C3)C1)C2)C(=O)N/N=C\c1c(O)ccc2ccccc12. The second kappa shape index (κ2) is 7.66. The minimum Gasteiger partial charge on any atom is -0.507 e. The van der Waals surface area contributed by atoms with Crippen LogP contribution in [0.2, 0.25) is 0 Å². The highest BCUT2D eigenvalue weighted by Gasteiger charge is 2.54. The Kier molecular flexibility index (Phi) is 4.95. The van der Waals surface area contributed by atoms with Gasteiger partial charge in [0.2, 0.25) is 5.91 Å². The third-order valence-corrected chi connectivity index (χ3v) is 7.58. The number of phenolic OH excluding ortho intramolecular Hbond substituents is 1. The molecule has 0 radical (unpaired) electrons. The Morgan fingerprint density at radius 1 is 1.06 bits per heavy atom. The monoisotopic (exact) mass is 419 g/mol. The molecule has 4 aliphatic rings. The summed E-state index contributed by atoms with van der Waals surface area (Å²) in [4.78, 5) is 25.7. The standard InChI is InChI=1S/C25H29N3O3/c1-15(27-24(31)25-11-16-8-17(12-25)10-18(9-16)13-25)23(30)28-26-14-21-20-5-3-2-4-19(20)6-7-22(21)29/h2-7,14-18,29H,8-13H2,1H3,(H,27,31)(H,28,30)/b26-14-/t15-,16?,17?,18?,25?/m1/s1. The molecule has 6 nitrogen and oxygen atoms in total. The van der Waals surface area contributed by atoms with E-state index in [0.29, 0.717) is 23.3 Å². The summed E-state index contributed by atoms with van der Waals surface area (Å²) < 4.78 is 0. The van der Waals surface area contributed by atoms with Gasteiger partial charge in [-0.2, -0.15) is 5.10 Å². The number of hydrogen-bond donors (Lipinski definition) is 3. The Morgan fingerprint density at radius 3 is 2.39 bits per heavy atom. The molecule has 0 saturated heterocycles. The molecule has 4 saturated carbocycles. The van der Waals surface area contributed by atoms with E-state index in [1.807, 2.05) is 30.3 Å². The lowest BCUT2D eigenvalue weighted by Crippen LogP contribution is -2.56. The van der Waals surface area contributed by atoms with Crippen molar-refractivity contribution in [1.29, 1.82) is 0 Å². The number of hydrazone groups is 1. The number of hydrogen-bond acceptors (Lipinski definition) is 4. The van der Waals surface area contributed by atoms with Gasteiger partial charge in [-0.25, -0.2) is 5.43 Å². The first kappa shape index (κ1) is 20.0. The van der Waals surface area contributed by atoms with E-state index in [2.05, 4.69) is 15.8 Å². The molecule has 3 N–H and O–H groups in total. The van der Waals surface area contributed by atoms with E-state index in [1.165, 1.54) is 25.5 Å². The Hall–Kier alpha value is -2.89. The van der Waals surface area contributed by atoms with Gasteiger partial charge in [0.25, 0.3) is 5.91 Å². The van der Waals surface area contributed by atoms with Gasteiger partial charge in [0.1, 0.15) is 11.8 Å². The Labute approximate surface area is 182 Å². The fourth-order valence-corrected chi connectivity index (χ4v) is 6.48.